The molecule has 1 amide bonds. The number of nitrogens with one attached hydrogen (secondary N) is 1. The van der Waals surface area contributed by atoms with Crippen LogP contribution >= 0.6 is 11.3 Å². The predicted molar refractivity (Wildman–Crippen MR) is 98.5 cm³/mol. The quantitative estimate of drug-likeness (QED) is 0.863. The van der Waals surface area contributed by atoms with Gasteiger partial charge in [0.05, 0.1) is 18.3 Å². The van der Waals surface area contributed by atoms with E-state index in [0.717, 1.165) is 36.9 Å². The van der Waals surface area contributed by atoms with Gasteiger partial charge in [-0.1, -0.05) is 0 Å². The van der Waals surface area contributed by atoms with Gasteiger partial charge < -0.3 is 5.32 Å². The van der Waals surface area contributed by atoms with E-state index in [4.69, 9.17) is 0 Å². The SMILES string of the molecule is CCn1cc(CN(C)CC(=O)Nc2sc3c(c2C#N)CCCC3)cn1. The maximum absolute atomic E-state index is 12.4. The Labute approximate surface area is 152 Å². The van der Waals surface area contributed by atoms with Crippen LogP contribution < -0.4 is 5.32 Å². The molecule has 0 aliphatic heterocycles. The second-order valence-electron chi connectivity index (χ2n) is 6.45. The van der Waals surface area contributed by atoms with Crippen LogP contribution in [0.3, 0.4) is 0 Å². The number of rotatable bonds is 6. The molecule has 0 saturated heterocycles. The molecule has 0 atom stereocenters. The molecule has 0 aromatic carbocycles. The minimum atomic E-state index is -0.0829. The zero-order chi connectivity index (χ0) is 17.8. The summed E-state index contributed by atoms with van der Waals surface area (Å²) in [5.74, 6) is -0.0829. The number of hydrogen-bond donors (Lipinski definition) is 1. The van der Waals surface area contributed by atoms with E-state index < -0.39 is 0 Å². The maximum Gasteiger partial charge on any atom is 0.239 e. The number of anilines is 1. The van der Waals surface area contributed by atoms with Crippen LogP contribution in [0.5, 0.6) is 0 Å². The Bertz CT molecular complexity index is 801. The molecule has 0 spiro atoms. The number of aromatic nitrogens is 2. The third-order valence-electron chi connectivity index (χ3n) is 4.41. The van der Waals surface area contributed by atoms with Crippen molar-refractivity contribution in [2.75, 3.05) is 18.9 Å². The van der Waals surface area contributed by atoms with Crippen LogP contribution in [0.15, 0.2) is 12.4 Å². The van der Waals surface area contributed by atoms with E-state index in [2.05, 4.69) is 16.5 Å². The van der Waals surface area contributed by atoms with Crippen LogP contribution in [-0.2, 0) is 30.7 Å². The van der Waals surface area contributed by atoms with Crippen LogP contribution in [0, 0.1) is 11.3 Å². The minimum Gasteiger partial charge on any atom is -0.315 e. The highest BCUT2D eigenvalue weighted by Crippen LogP contribution is 2.37. The Kier molecular flexibility index (Phi) is 5.51. The van der Waals surface area contributed by atoms with E-state index in [1.165, 1.54) is 11.3 Å². The molecule has 1 aliphatic carbocycles. The Morgan fingerprint density at radius 1 is 1.48 bits per heavy atom. The summed E-state index contributed by atoms with van der Waals surface area (Å²) in [6.45, 7) is 3.83. The summed E-state index contributed by atoms with van der Waals surface area (Å²) >= 11 is 1.57. The number of carbonyl (C=O) groups is 1. The molecular formula is C18H23N5OS. The van der Waals surface area contributed by atoms with E-state index in [-0.39, 0.29) is 12.5 Å². The normalized spacial score (nSPS) is 13.5. The number of thiophene rings is 1. The fourth-order valence-corrected chi connectivity index (χ4v) is 4.47. The van der Waals surface area contributed by atoms with Crippen molar-refractivity contribution in [1.29, 1.82) is 5.26 Å². The fraction of sp³-hybridized carbons (Fsp3) is 0.500. The second kappa shape index (κ2) is 7.81. The number of amides is 1. The molecule has 0 radical (unpaired) electrons. The first-order valence-corrected chi connectivity index (χ1v) is 9.46. The van der Waals surface area contributed by atoms with Gasteiger partial charge in [0.15, 0.2) is 0 Å². The lowest BCUT2D eigenvalue weighted by Gasteiger charge is -2.15. The van der Waals surface area contributed by atoms with Crippen molar-refractivity contribution < 1.29 is 4.79 Å². The standard InChI is InChI=1S/C18H23N5OS/c1-3-23-11-13(9-20-23)10-22(2)12-17(24)21-18-15(8-19)14-6-4-5-7-16(14)25-18/h9,11H,3-7,10,12H2,1-2H3,(H,21,24). The first-order valence-electron chi connectivity index (χ1n) is 8.65. The number of nitriles is 1. The van der Waals surface area contributed by atoms with Crippen LogP contribution in [0.25, 0.3) is 0 Å². The molecule has 0 fully saturated rings. The van der Waals surface area contributed by atoms with Gasteiger partial charge in [0, 0.05) is 29.7 Å². The Balaban J connectivity index is 1.60. The first-order chi connectivity index (χ1) is 12.1. The first kappa shape index (κ1) is 17.6. The Morgan fingerprint density at radius 3 is 3.00 bits per heavy atom. The minimum absolute atomic E-state index is 0.0829. The molecule has 0 saturated carbocycles. The molecule has 0 bridgehead atoms. The highest BCUT2D eigenvalue weighted by Gasteiger charge is 2.22. The summed E-state index contributed by atoms with van der Waals surface area (Å²) in [5.41, 5.74) is 2.90. The summed E-state index contributed by atoms with van der Waals surface area (Å²) in [7, 11) is 1.91. The lowest BCUT2D eigenvalue weighted by molar-refractivity contribution is -0.117. The van der Waals surface area contributed by atoms with Crippen molar-refractivity contribution >= 4 is 22.2 Å². The van der Waals surface area contributed by atoms with Gasteiger partial charge in [0.1, 0.15) is 11.1 Å². The number of hydrogen-bond acceptors (Lipinski definition) is 5. The van der Waals surface area contributed by atoms with Gasteiger partial charge in [0.2, 0.25) is 5.91 Å². The predicted octanol–water partition coefficient (Wildman–Crippen LogP) is 2.79. The highest BCUT2D eigenvalue weighted by atomic mass is 32.1. The number of aryl methyl sites for hydroxylation is 2. The molecular weight excluding hydrogens is 334 g/mol. The van der Waals surface area contributed by atoms with Crippen molar-refractivity contribution in [3.8, 4) is 6.07 Å². The third-order valence-corrected chi connectivity index (χ3v) is 5.62. The third kappa shape index (κ3) is 4.09. The van der Waals surface area contributed by atoms with E-state index >= 15 is 0 Å². The van der Waals surface area contributed by atoms with Crippen molar-refractivity contribution in [3.05, 3.63) is 34.0 Å². The zero-order valence-electron chi connectivity index (χ0n) is 14.7. The fourth-order valence-electron chi connectivity index (χ4n) is 3.21. The molecule has 3 rings (SSSR count). The van der Waals surface area contributed by atoms with Gasteiger partial charge >= 0.3 is 0 Å². The summed E-state index contributed by atoms with van der Waals surface area (Å²) in [5, 5.41) is 17.4. The summed E-state index contributed by atoms with van der Waals surface area (Å²) in [4.78, 5) is 15.6. The number of likely N-dealkylation sites (N-methyl/N-ethyl adjacent to an activating group) is 1. The molecule has 2 aromatic heterocycles. The van der Waals surface area contributed by atoms with E-state index in [1.807, 2.05) is 35.9 Å². The van der Waals surface area contributed by atoms with Crippen LogP contribution in [-0.4, -0.2) is 34.2 Å². The molecule has 2 heterocycles. The van der Waals surface area contributed by atoms with Gasteiger partial charge in [-0.2, -0.15) is 10.4 Å². The van der Waals surface area contributed by atoms with E-state index in [0.29, 0.717) is 17.1 Å². The van der Waals surface area contributed by atoms with E-state index in [1.54, 1.807) is 11.3 Å². The summed E-state index contributed by atoms with van der Waals surface area (Å²) in [6, 6.07) is 2.28. The summed E-state index contributed by atoms with van der Waals surface area (Å²) < 4.78 is 1.87. The lowest BCUT2D eigenvalue weighted by Crippen LogP contribution is -2.29. The average molecular weight is 357 g/mol. The molecule has 6 nitrogen and oxygen atoms in total. The number of carbonyl (C=O) groups excluding carboxylic acids is 1. The Hall–Kier alpha value is -2.17. The highest BCUT2D eigenvalue weighted by molar-refractivity contribution is 7.16. The van der Waals surface area contributed by atoms with Crippen LogP contribution in [0.1, 0.15) is 41.3 Å². The van der Waals surface area contributed by atoms with Crippen molar-refractivity contribution in [1.82, 2.24) is 14.7 Å². The summed E-state index contributed by atoms with van der Waals surface area (Å²) in [6.07, 6.45) is 8.09. The number of fused-ring (bicyclic) bond motifs is 1. The van der Waals surface area contributed by atoms with Crippen molar-refractivity contribution in [3.63, 3.8) is 0 Å². The molecule has 1 N–H and O–H groups in total. The van der Waals surface area contributed by atoms with Gasteiger partial charge in [0.25, 0.3) is 0 Å². The molecule has 2 aromatic rings. The van der Waals surface area contributed by atoms with Gasteiger partial charge in [-0.15, -0.1) is 11.3 Å². The largest absolute Gasteiger partial charge is 0.315 e. The van der Waals surface area contributed by atoms with Crippen LogP contribution in [0.2, 0.25) is 0 Å². The molecule has 0 unspecified atom stereocenters. The topological polar surface area (TPSA) is 74.0 Å². The molecule has 25 heavy (non-hydrogen) atoms. The molecule has 7 heteroatoms. The Morgan fingerprint density at radius 2 is 2.28 bits per heavy atom. The monoisotopic (exact) mass is 357 g/mol. The van der Waals surface area contributed by atoms with Crippen molar-refractivity contribution in [2.45, 2.75) is 45.7 Å². The van der Waals surface area contributed by atoms with Gasteiger partial charge in [-0.25, -0.2) is 0 Å². The van der Waals surface area contributed by atoms with Crippen LogP contribution in [0.4, 0.5) is 5.00 Å². The average Bonchev–Trinajstić information content (AvgIpc) is 3.17. The smallest absolute Gasteiger partial charge is 0.239 e. The van der Waals surface area contributed by atoms with E-state index in [9.17, 15) is 10.1 Å². The zero-order valence-corrected chi connectivity index (χ0v) is 15.5. The second-order valence-corrected chi connectivity index (χ2v) is 7.56. The number of nitrogens with zero attached hydrogens (tertiary/aromatic N) is 4. The van der Waals surface area contributed by atoms with Gasteiger partial charge in [-0.3, -0.25) is 14.4 Å². The maximum atomic E-state index is 12.4. The molecule has 1 aliphatic rings. The van der Waals surface area contributed by atoms with Crippen molar-refractivity contribution in [2.24, 2.45) is 0 Å². The molecule has 132 valence electrons. The van der Waals surface area contributed by atoms with Gasteiger partial charge in [-0.05, 0) is 45.2 Å². The lowest BCUT2D eigenvalue weighted by atomic mass is 9.96.